The lowest BCUT2D eigenvalue weighted by molar-refractivity contribution is 0.0952. The molecular weight excluding hydrogens is 490 g/mol. The second kappa shape index (κ2) is 10.4. The number of benzene rings is 3. The van der Waals surface area contributed by atoms with Crippen LogP contribution in [0.3, 0.4) is 0 Å². The number of aromatic nitrogens is 1. The predicted molar refractivity (Wildman–Crippen MR) is 150 cm³/mol. The molecule has 0 aliphatic carbocycles. The minimum absolute atomic E-state index is 0.0672. The lowest BCUT2D eigenvalue weighted by atomic mass is 9.87. The summed E-state index contributed by atoms with van der Waals surface area (Å²) in [7, 11) is -3.79. The molecule has 1 amide bonds. The van der Waals surface area contributed by atoms with Gasteiger partial charge in [-0.05, 0) is 53.1 Å². The summed E-state index contributed by atoms with van der Waals surface area (Å²) in [5, 5.41) is 3.72. The van der Waals surface area contributed by atoms with Crippen molar-refractivity contribution in [3.63, 3.8) is 0 Å². The SMILES string of the molecule is CSCCNC(=O)c1[nH]c2ccc(NS(=O)(=O)c3ccc(C(C)(C)C)cc3)cc2c1-c1ccccc1. The molecule has 0 unspecified atom stereocenters. The van der Waals surface area contributed by atoms with E-state index in [1.54, 1.807) is 42.1 Å². The summed E-state index contributed by atoms with van der Waals surface area (Å²) < 4.78 is 29.0. The summed E-state index contributed by atoms with van der Waals surface area (Å²) in [6.45, 7) is 6.82. The van der Waals surface area contributed by atoms with Gasteiger partial charge in [0.1, 0.15) is 5.69 Å². The zero-order chi connectivity index (χ0) is 25.9. The van der Waals surface area contributed by atoms with Gasteiger partial charge in [-0.2, -0.15) is 11.8 Å². The molecule has 36 heavy (non-hydrogen) atoms. The van der Waals surface area contributed by atoms with Gasteiger partial charge in [0.2, 0.25) is 0 Å². The number of hydrogen-bond acceptors (Lipinski definition) is 4. The lowest BCUT2D eigenvalue weighted by Crippen LogP contribution is -2.26. The van der Waals surface area contributed by atoms with Gasteiger partial charge in [0, 0.05) is 34.5 Å². The minimum Gasteiger partial charge on any atom is -0.350 e. The first-order chi connectivity index (χ1) is 17.1. The van der Waals surface area contributed by atoms with Gasteiger partial charge in [-0.3, -0.25) is 9.52 Å². The topological polar surface area (TPSA) is 91.1 Å². The Labute approximate surface area is 217 Å². The first-order valence-electron chi connectivity index (χ1n) is 11.7. The third kappa shape index (κ3) is 5.60. The average Bonchev–Trinajstić information content (AvgIpc) is 3.23. The fourth-order valence-electron chi connectivity index (χ4n) is 4.03. The number of carbonyl (C=O) groups excluding carboxylic acids is 1. The maximum Gasteiger partial charge on any atom is 0.268 e. The maximum absolute atomic E-state index is 13.1. The lowest BCUT2D eigenvalue weighted by Gasteiger charge is -2.19. The Balaban J connectivity index is 1.72. The van der Waals surface area contributed by atoms with Gasteiger partial charge < -0.3 is 10.3 Å². The normalized spacial score (nSPS) is 12.0. The minimum atomic E-state index is -3.79. The van der Waals surface area contributed by atoms with Crippen LogP contribution >= 0.6 is 11.8 Å². The van der Waals surface area contributed by atoms with E-state index >= 15 is 0 Å². The number of nitrogens with one attached hydrogen (secondary N) is 3. The zero-order valence-electron chi connectivity index (χ0n) is 20.9. The molecule has 188 valence electrons. The summed E-state index contributed by atoms with van der Waals surface area (Å²) in [5.74, 6) is 0.620. The summed E-state index contributed by atoms with van der Waals surface area (Å²) in [6.07, 6.45) is 1.99. The van der Waals surface area contributed by atoms with E-state index < -0.39 is 10.0 Å². The maximum atomic E-state index is 13.1. The molecule has 0 fully saturated rings. The molecule has 0 atom stereocenters. The van der Waals surface area contributed by atoms with Gasteiger partial charge in [0.25, 0.3) is 15.9 Å². The molecule has 8 heteroatoms. The van der Waals surface area contributed by atoms with Gasteiger partial charge in [-0.25, -0.2) is 8.42 Å². The molecule has 0 aliphatic heterocycles. The number of sulfonamides is 1. The highest BCUT2D eigenvalue weighted by atomic mass is 32.2. The van der Waals surface area contributed by atoms with Crippen LogP contribution in [-0.4, -0.2) is 37.9 Å². The van der Waals surface area contributed by atoms with Crippen LogP contribution in [0, 0.1) is 0 Å². The Hall–Kier alpha value is -3.23. The van der Waals surface area contributed by atoms with Gasteiger partial charge >= 0.3 is 0 Å². The number of hydrogen-bond donors (Lipinski definition) is 3. The molecule has 0 saturated carbocycles. The zero-order valence-corrected chi connectivity index (χ0v) is 22.5. The second-order valence-electron chi connectivity index (χ2n) is 9.63. The van der Waals surface area contributed by atoms with Gasteiger partial charge in [0.15, 0.2) is 0 Å². The van der Waals surface area contributed by atoms with E-state index in [1.165, 1.54) is 0 Å². The summed E-state index contributed by atoms with van der Waals surface area (Å²) in [4.78, 5) is 16.4. The van der Waals surface area contributed by atoms with Crippen LogP contribution in [0.5, 0.6) is 0 Å². The van der Waals surface area contributed by atoms with Crippen molar-refractivity contribution < 1.29 is 13.2 Å². The number of amides is 1. The number of H-pyrrole nitrogens is 1. The molecule has 0 spiro atoms. The Morgan fingerprint density at radius 2 is 1.67 bits per heavy atom. The number of aromatic amines is 1. The third-order valence-corrected chi connectivity index (χ3v) is 7.97. The number of anilines is 1. The summed E-state index contributed by atoms with van der Waals surface area (Å²) in [6, 6.07) is 21.8. The van der Waals surface area contributed by atoms with E-state index in [0.717, 1.165) is 33.3 Å². The van der Waals surface area contributed by atoms with Gasteiger partial charge in [0.05, 0.1) is 4.90 Å². The Morgan fingerprint density at radius 1 is 0.972 bits per heavy atom. The fourth-order valence-corrected chi connectivity index (χ4v) is 5.39. The van der Waals surface area contributed by atoms with Crippen molar-refractivity contribution in [2.75, 3.05) is 23.3 Å². The molecule has 3 aromatic carbocycles. The van der Waals surface area contributed by atoms with E-state index in [-0.39, 0.29) is 16.2 Å². The van der Waals surface area contributed by atoms with Gasteiger partial charge in [-0.1, -0.05) is 63.2 Å². The van der Waals surface area contributed by atoms with Crippen LogP contribution in [0.15, 0.2) is 77.7 Å². The number of carbonyl (C=O) groups is 1. The highest BCUT2D eigenvalue weighted by Crippen LogP contribution is 2.34. The number of fused-ring (bicyclic) bond motifs is 1. The molecule has 6 nitrogen and oxygen atoms in total. The van der Waals surface area contributed by atoms with Crippen molar-refractivity contribution in [3.05, 3.63) is 84.1 Å². The number of rotatable bonds is 8. The predicted octanol–water partition coefficient (Wildman–Crippen LogP) is 6.03. The largest absolute Gasteiger partial charge is 0.350 e. The summed E-state index contributed by atoms with van der Waals surface area (Å²) >= 11 is 1.66. The second-order valence-corrected chi connectivity index (χ2v) is 12.3. The first-order valence-corrected chi connectivity index (χ1v) is 14.6. The highest BCUT2D eigenvalue weighted by molar-refractivity contribution is 7.98. The van der Waals surface area contributed by atoms with Crippen molar-refractivity contribution in [1.82, 2.24) is 10.3 Å². The summed E-state index contributed by atoms with van der Waals surface area (Å²) in [5.41, 5.74) is 4.23. The molecule has 4 aromatic rings. The third-order valence-electron chi connectivity index (χ3n) is 5.96. The average molecular weight is 522 g/mol. The molecule has 0 saturated heterocycles. The van der Waals surface area contributed by atoms with E-state index in [0.29, 0.717) is 17.9 Å². The smallest absolute Gasteiger partial charge is 0.268 e. The quantitative estimate of drug-likeness (QED) is 0.247. The molecule has 0 radical (unpaired) electrons. The van der Waals surface area contributed by atoms with Crippen LogP contribution in [0.25, 0.3) is 22.0 Å². The Bertz CT molecular complexity index is 1470. The fraction of sp³-hybridized carbons (Fsp3) is 0.250. The van der Waals surface area contributed by atoms with E-state index in [2.05, 4.69) is 35.8 Å². The van der Waals surface area contributed by atoms with Crippen LogP contribution in [0.4, 0.5) is 5.69 Å². The molecule has 3 N–H and O–H groups in total. The van der Waals surface area contributed by atoms with Crippen molar-refractivity contribution >= 4 is 44.3 Å². The van der Waals surface area contributed by atoms with Crippen molar-refractivity contribution in [3.8, 4) is 11.1 Å². The molecule has 1 aromatic heterocycles. The van der Waals surface area contributed by atoms with Crippen LogP contribution in [0.1, 0.15) is 36.8 Å². The Morgan fingerprint density at radius 3 is 2.31 bits per heavy atom. The standard InChI is InChI=1S/C28H31N3O3S2/c1-28(2,3)20-10-13-22(14-11-20)36(33,34)31-21-12-15-24-23(18-21)25(19-8-6-5-7-9-19)26(30-24)27(32)29-16-17-35-4/h5-15,18,30-31H,16-17H2,1-4H3,(H,29,32). The molecule has 0 aliphatic rings. The van der Waals surface area contributed by atoms with E-state index in [4.69, 9.17) is 0 Å². The van der Waals surface area contributed by atoms with Crippen molar-refractivity contribution in [2.45, 2.75) is 31.1 Å². The van der Waals surface area contributed by atoms with Crippen LogP contribution in [0.2, 0.25) is 0 Å². The molecular formula is C28H31N3O3S2. The Kier molecular flexibility index (Phi) is 7.47. The first kappa shape index (κ1) is 25.9. The molecule has 4 rings (SSSR count). The highest BCUT2D eigenvalue weighted by Gasteiger charge is 2.21. The van der Waals surface area contributed by atoms with Crippen molar-refractivity contribution in [2.24, 2.45) is 0 Å². The molecule has 1 heterocycles. The van der Waals surface area contributed by atoms with Crippen LogP contribution < -0.4 is 10.0 Å². The van der Waals surface area contributed by atoms with Crippen molar-refractivity contribution in [1.29, 1.82) is 0 Å². The van der Waals surface area contributed by atoms with Gasteiger partial charge in [-0.15, -0.1) is 0 Å². The molecule has 0 bridgehead atoms. The van der Waals surface area contributed by atoms with E-state index in [9.17, 15) is 13.2 Å². The van der Waals surface area contributed by atoms with E-state index in [1.807, 2.05) is 48.7 Å². The van der Waals surface area contributed by atoms with Crippen LogP contribution in [-0.2, 0) is 15.4 Å². The number of thioether (sulfide) groups is 1. The monoisotopic (exact) mass is 521 g/mol.